The van der Waals surface area contributed by atoms with Crippen molar-refractivity contribution in [1.82, 2.24) is 10.3 Å². The van der Waals surface area contributed by atoms with Gasteiger partial charge in [0.25, 0.3) is 5.91 Å². The summed E-state index contributed by atoms with van der Waals surface area (Å²) in [5.41, 5.74) is 0.276. The number of amides is 1. The van der Waals surface area contributed by atoms with Gasteiger partial charge in [0.15, 0.2) is 0 Å². The van der Waals surface area contributed by atoms with Crippen LogP contribution >= 0.6 is 11.8 Å². The topological polar surface area (TPSA) is 54.0 Å². The molecule has 6 heteroatoms. The highest BCUT2D eigenvalue weighted by molar-refractivity contribution is 7.99. The minimum absolute atomic E-state index is 0.162. The van der Waals surface area contributed by atoms with Crippen LogP contribution in [0.4, 0.5) is 10.2 Å². The molecule has 1 saturated carbocycles. The van der Waals surface area contributed by atoms with Crippen molar-refractivity contribution in [2.45, 2.75) is 37.5 Å². The van der Waals surface area contributed by atoms with Gasteiger partial charge in [-0.2, -0.15) is 11.8 Å². The van der Waals surface area contributed by atoms with Crippen LogP contribution in [0.1, 0.15) is 36.5 Å². The van der Waals surface area contributed by atoms with E-state index in [0.717, 1.165) is 25.5 Å². The minimum Gasteiger partial charge on any atom is -0.370 e. The molecule has 1 aromatic rings. The van der Waals surface area contributed by atoms with Crippen LogP contribution in [0.3, 0.4) is 0 Å². The first-order valence-corrected chi connectivity index (χ1v) is 8.17. The van der Waals surface area contributed by atoms with Gasteiger partial charge in [-0.3, -0.25) is 4.79 Å². The van der Waals surface area contributed by atoms with Crippen LogP contribution in [0.2, 0.25) is 0 Å². The van der Waals surface area contributed by atoms with Gasteiger partial charge < -0.3 is 10.6 Å². The molecular formula is C14H20FN3OS. The lowest BCUT2D eigenvalue weighted by atomic mass is 10.2. The number of halogens is 1. The molecule has 2 N–H and O–H groups in total. The van der Waals surface area contributed by atoms with Gasteiger partial charge in [-0.25, -0.2) is 9.37 Å². The summed E-state index contributed by atoms with van der Waals surface area (Å²) in [5.74, 6) is -0.311. The van der Waals surface area contributed by atoms with Crippen molar-refractivity contribution >= 4 is 23.5 Å². The zero-order valence-corrected chi connectivity index (χ0v) is 12.6. The maximum absolute atomic E-state index is 13.3. The Labute approximate surface area is 122 Å². The van der Waals surface area contributed by atoms with E-state index < -0.39 is 5.82 Å². The molecule has 2 rings (SSSR count). The van der Waals surface area contributed by atoms with E-state index in [4.69, 9.17) is 0 Å². The third-order valence-corrected chi connectivity index (χ3v) is 4.68. The SMILES string of the molecule is CCNc1ncc(F)cc1C(=O)NC1CCCC1SC. The number of anilines is 1. The summed E-state index contributed by atoms with van der Waals surface area (Å²) in [6.07, 6.45) is 6.40. The summed E-state index contributed by atoms with van der Waals surface area (Å²) in [4.78, 5) is 16.3. The molecule has 0 spiro atoms. The van der Waals surface area contributed by atoms with Crippen LogP contribution < -0.4 is 10.6 Å². The normalized spacial score (nSPS) is 21.8. The first-order valence-electron chi connectivity index (χ1n) is 6.88. The fraction of sp³-hybridized carbons (Fsp3) is 0.571. The summed E-state index contributed by atoms with van der Waals surface area (Å²) in [6, 6.07) is 1.40. The van der Waals surface area contributed by atoms with Crippen LogP contribution in [-0.2, 0) is 0 Å². The quantitative estimate of drug-likeness (QED) is 0.877. The number of nitrogens with zero attached hydrogens (tertiary/aromatic N) is 1. The van der Waals surface area contributed by atoms with Gasteiger partial charge in [0.2, 0.25) is 0 Å². The molecule has 0 radical (unpaired) electrons. The Kier molecular flexibility index (Phi) is 5.23. The molecule has 1 heterocycles. The maximum Gasteiger partial charge on any atom is 0.255 e. The molecule has 0 saturated heterocycles. The molecule has 2 unspecified atom stereocenters. The number of hydrogen-bond acceptors (Lipinski definition) is 4. The highest BCUT2D eigenvalue weighted by atomic mass is 32.2. The minimum atomic E-state index is -0.496. The summed E-state index contributed by atoms with van der Waals surface area (Å²) < 4.78 is 13.3. The van der Waals surface area contributed by atoms with E-state index in [2.05, 4.69) is 21.9 Å². The standard InChI is InChI=1S/C14H20FN3OS/c1-3-16-13-10(7-9(15)8-17-13)14(19)18-11-5-4-6-12(11)20-2/h7-8,11-12H,3-6H2,1-2H3,(H,16,17)(H,18,19). The molecule has 2 atom stereocenters. The zero-order chi connectivity index (χ0) is 14.5. The van der Waals surface area contributed by atoms with E-state index in [-0.39, 0.29) is 17.5 Å². The third-order valence-electron chi connectivity index (χ3n) is 3.51. The lowest BCUT2D eigenvalue weighted by Gasteiger charge is -2.20. The van der Waals surface area contributed by atoms with E-state index in [1.807, 2.05) is 6.92 Å². The van der Waals surface area contributed by atoms with Crippen LogP contribution in [0.5, 0.6) is 0 Å². The molecule has 0 bridgehead atoms. The van der Waals surface area contributed by atoms with Crippen molar-refractivity contribution in [1.29, 1.82) is 0 Å². The average molecular weight is 297 g/mol. The van der Waals surface area contributed by atoms with Crippen molar-refractivity contribution in [3.05, 3.63) is 23.6 Å². The van der Waals surface area contributed by atoms with Crippen LogP contribution in [0.15, 0.2) is 12.3 Å². The van der Waals surface area contributed by atoms with Crippen molar-refractivity contribution in [3.8, 4) is 0 Å². The lowest BCUT2D eigenvalue weighted by molar-refractivity contribution is 0.0938. The predicted molar refractivity (Wildman–Crippen MR) is 80.8 cm³/mol. The Morgan fingerprint density at radius 2 is 2.35 bits per heavy atom. The average Bonchev–Trinajstić information content (AvgIpc) is 2.88. The molecule has 1 aromatic heterocycles. The van der Waals surface area contributed by atoms with E-state index in [0.29, 0.717) is 17.6 Å². The molecular weight excluding hydrogens is 277 g/mol. The fourth-order valence-corrected chi connectivity index (χ4v) is 3.48. The number of pyridine rings is 1. The number of carbonyl (C=O) groups is 1. The van der Waals surface area contributed by atoms with Gasteiger partial charge in [0.05, 0.1) is 11.8 Å². The number of hydrogen-bond donors (Lipinski definition) is 2. The first-order chi connectivity index (χ1) is 9.65. The van der Waals surface area contributed by atoms with Crippen molar-refractivity contribution < 1.29 is 9.18 Å². The van der Waals surface area contributed by atoms with Crippen LogP contribution in [0.25, 0.3) is 0 Å². The Bertz CT molecular complexity index is 483. The molecule has 0 aliphatic heterocycles. The Morgan fingerprint density at radius 1 is 1.55 bits per heavy atom. The summed E-state index contributed by atoms with van der Waals surface area (Å²) >= 11 is 1.78. The second-order valence-electron chi connectivity index (χ2n) is 4.87. The summed E-state index contributed by atoms with van der Waals surface area (Å²) in [5, 5.41) is 6.45. The largest absolute Gasteiger partial charge is 0.370 e. The van der Waals surface area contributed by atoms with Gasteiger partial charge in [-0.05, 0) is 32.1 Å². The van der Waals surface area contributed by atoms with Crippen LogP contribution in [0, 0.1) is 5.82 Å². The van der Waals surface area contributed by atoms with E-state index in [1.54, 1.807) is 11.8 Å². The third kappa shape index (κ3) is 3.42. The van der Waals surface area contributed by atoms with Crippen molar-refractivity contribution in [2.24, 2.45) is 0 Å². The second kappa shape index (κ2) is 6.92. The number of aromatic nitrogens is 1. The molecule has 4 nitrogen and oxygen atoms in total. The monoisotopic (exact) mass is 297 g/mol. The van der Waals surface area contributed by atoms with E-state index in [9.17, 15) is 9.18 Å². The van der Waals surface area contributed by atoms with E-state index in [1.165, 1.54) is 6.07 Å². The summed E-state index contributed by atoms with van der Waals surface area (Å²) in [7, 11) is 0. The zero-order valence-electron chi connectivity index (χ0n) is 11.8. The first kappa shape index (κ1) is 15.1. The highest BCUT2D eigenvalue weighted by Crippen LogP contribution is 2.28. The molecule has 1 aliphatic carbocycles. The Morgan fingerprint density at radius 3 is 3.05 bits per heavy atom. The van der Waals surface area contributed by atoms with Gasteiger partial charge in [0, 0.05) is 17.8 Å². The van der Waals surface area contributed by atoms with Gasteiger partial charge in [0.1, 0.15) is 11.6 Å². The number of thioether (sulfide) groups is 1. The molecule has 20 heavy (non-hydrogen) atoms. The lowest BCUT2D eigenvalue weighted by Crippen LogP contribution is -2.39. The fourth-order valence-electron chi connectivity index (χ4n) is 2.54. The predicted octanol–water partition coefficient (Wildman–Crippen LogP) is 2.67. The van der Waals surface area contributed by atoms with Gasteiger partial charge in [-0.15, -0.1) is 0 Å². The molecule has 1 aliphatic rings. The van der Waals surface area contributed by atoms with Gasteiger partial charge >= 0.3 is 0 Å². The smallest absolute Gasteiger partial charge is 0.255 e. The van der Waals surface area contributed by atoms with Crippen molar-refractivity contribution in [3.63, 3.8) is 0 Å². The number of rotatable bonds is 5. The Hall–Kier alpha value is -1.30. The molecule has 1 fully saturated rings. The number of nitrogens with one attached hydrogen (secondary N) is 2. The van der Waals surface area contributed by atoms with E-state index >= 15 is 0 Å². The van der Waals surface area contributed by atoms with Gasteiger partial charge in [-0.1, -0.05) is 6.42 Å². The number of carbonyl (C=O) groups excluding carboxylic acids is 1. The molecule has 110 valence electrons. The second-order valence-corrected chi connectivity index (χ2v) is 5.94. The summed E-state index contributed by atoms with van der Waals surface area (Å²) in [6.45, 7) is 2.54. The maximum atomic E-state index is 13.3. The Balaban J connectivity index is 2.13. The molecule has 1 amide bonds. The highest BCUT2D eigenvalue weighted by Gasteiger charge is 2.28. The van der Waals surface area contributed by atoms with Crippen molar-refractivity contribution in [2.75, 3.05) is 18.1 Å². The molecule has 0 aromatic carbocycles. The van der Waals surface area contributed by atoms with Crippen LogP contribution in [-0.4, -0.2) is 35.0 Å².